The van der Waals surface area contributed by atoms with Gasteiger partial charge in [0.25, 0.3) is 5.91 Å². The monoisotopic (exact) mass is 348 g/mol. The van der Waals surface area contributed by atoms with Gasteiger partial charge in [0.15, 0.2) is 6.10 Å². The number of ether oxygens (including phenoxy) is 1. The average Bonchev–Trinajstić information content (AvgIpc) is 2.54. The van der Waals surface area contributed by atoms with E-state index >= 15 is 0 Å². The fourth-order valence-corrected chi connectivity index (χ4v) is 2.62. The number of para-hydroxylation sites is 1. The number of hydrogen-bond acceptors (Lipinski definition) is 4. The highest BCUT2D eigenvalue weighted by Gasteiger charge is 2.16. The van der Waals surface area contributed by atoms with E-state index in [0.29, 0.717) is 5.69 Å². The summed E-state index contributed by atoms with van der Waals surface area (Å²) in [4.78, 5) is 23.9. The van der Waals surface area contributed by atoms with Gasteiger partial charge in [-0.25, -0.2) is 4.39 Å². The van der Waals surface area contributed by atoms with Gasteiger partial charge in [0.2, 0.25) is 5.91 Å². The Hall–Kier alpha value is -2.54. The van der Waals surface area contributed by atoms with Gasteiger partial charge in [-0.2, -0.15) is 0 Å². The molecule has 1 unspecified atom stereocenters. The molecule has 0 spiro atoms. The van der Waals surface area contributed by atoms with Crippen molar-refractivity contribution in [3.05, 3.63) is 54.3 Å². The highest BCUT2D eigenvalue weighted by molar-refractivity contribution is 8.00. The first-order chi connectivity index (χ1) is 11.5. The van der Waals surface area contributed by atoms with Gasteiger partial charge in [-0.1, -0.05) is 18.2 Å². The van der Waals surface area contributed by atoms with Crippen LogP contribution in [0.5, 0.6) is 5.75 Å². The summed E-state index contributed by atoms with van der Waals surface area (Å²) in [5.41, 5.74) is 5.70. The molecule has 1 atom stereocenters. The van der Waals surface area contributed by atoms with Crippen LogP contribution >= 0.6 is 11.8 Å². The summed E-state index contributed by atoms with van der Waals surface area (Å²) in [6.45, 7) is 1.57. The van der Waals surface area contributed by atoms with Crippen LogP contribution in [-0.2, 0) is 9.59 Å². The molecule has 2 amide bonds. The smallest absolute Gasteiger partial charge is 0.265 e. The molecule has 0 fully saturated rings. The van der Waals surface area contributed by atoms with Gasteiger partial charge in [0.1, 0.15) is 11.6 Å². The van der Waals surface area contributed by atoms with Crippen LogP contribution in [0.3, 0.4) is 0 Å². The minimum Gasteiger partial charge on any atom is -0.481 e. The van der Waals surface area contributed by atoms with Crippen LogP contribution in [-0.4, -0.2) is 23.7 Å². The third-order valence-electron chi connectivity index (χ3n) is 2.99. The minimum absolute atomic E-state index is 0.113. The Labute approximate surface area is 143 Å². The van der Waals surface area contributed by atoms with E-state index in [2.05, 4.69) is 5.32 Å². The maximum absolute atomic E-state index is 13.1. The number of thioether (sulfide) groups is 1. The van der Waals surface area contributed by atoms with Gasteiger partial charge in [0.05, 0.1) is 11.4 Å². The van der Waals surface area contributed by atoms with Gasteiger partial charge in [-0.15, -0.1) is 11.8 Å². The third-order valence-corrected chi connectivity index (χ3v) is 4.09. The van der Waals surface area contributed by atoms with Crippen LogP contribution in [0.4, 0.5) is 10.1 Å². The summed E-state index contributed by atoms with van der Waals surface area (Å²) in [5, 5.41) is 2.74. The first-order valence-corrected chi connectivity index (χ1v) is 8.17. The van der Waals surface area contributed by atoms with Crippen molar-refractivity contribution in [2.75, 3.05) is 11.1 Å². The molecule has 2 rings (SSSR count). The van der Waals surface area contributed by atoms with Crippen LogP contribution in [0.15, 0.2) is 53.4 Å². The van der Waals surface area contributed by atoms with E-state index in [1.54, 1.807) is 37.3 Å². The Bertz CT molecular complexity index is 739. The van der Waals surface area contributed by atoms with E-state index in [-0.39, 0.29) is 17.4 Å². The quantitative estimate of drug-likeness (QED) is 0.754. The lowest BCUT2D eigenvalue weighted by Gasteiger charge is -2.16. The Morgan fingerprint density at radius 3 is 2.71 bits per heavy atom. The lowest BCUT2D eigenvalue weighted by molar-refractivity contribution is -0.122. The van der Waals surface area contributed by atoms with E-state index in [1.807, 2.05) is 0 Å². The van der Waals surface area contributed by atoms with Crippen molar-refractivity contribution in [1.82, 2.24) is 0 Å². The summed E-state index contributed by atoms with van der Waals surface area (Å²) in [7, 11) is 0. The fourth-order valence-electron chi connectivity index (χ4n) is 1.88. The van der Waals surface area contributed by atoms with E-state index < -0.39 is 17.8 Å². The summed E-state index contributed by atoms with van der Waals surface area (Å²) in [6.07, 6.45) is -0.819. The third kappa shape index (κ3) is 5.27. The number of amides is 2. The Balaban J connectivity index is 2.02. The lowest BCUT2D eigenvalue weighted by atomic mass is 10.3. The lowest BCUT2D eigenvalue weighted by Crippen LogP contribution is -2.30. The normalized spacial score (nSPS) is 11.6. The van der Waals surface area contributed by atoms with Gasteiger partial charge >= 0.3 is 0 Å². The maximum Gasteiger partial charge on any atom is 0.265 e. The number of nitrogens with two attached hydrogens (primary N) is 1. The molecule has 0 radical (unpaired) electrons. The minimum atomic E-state index is -0.819. The first-order valence-electron chi connectivity index (χ1n) is 7.19. The van der Waals surface area contributed by atoms with E-state index in [1.165, 1.54) is 30.0 Å². The Morgan fingerprint density at radius 1 is 1.25 bits per heavy atom. The topological polar surface area (TPSA) is 81.4 Å². The molecule has 0 aliphatic carbocycles. The number of nitrogens with one attached hydrogen (secondary N) is 1. The number of carbonyl (C=O) groups is 2. The molecular formula is C17H17FN2O3S. The SMILES string of the molecule is CC(Oc1cccc(F)c1)C(=O)Nc1ccccc1SCC(N)=O. The zero-order valence-corrected chi connectivity index (χ0v) is 13.8. The summed E-state index contributed by atoms with van der Waals surface area (Å²) in [6, 6.07) is 12.6. The summed E-state index contributed by atoms with van der Waals surface area (Å²) >= 11 is 1.24. The van der Waals surface area contributed by atoms with Gasteiger partial charge in [-0.05, 0) is 31.2 Å². The number of hydrogen-bond donors (Lipinski definition) is 2. The molecule has 0 heterocycles. The molecule has 24 heavy (non-hydrogen) atoms. The molecule has 0 aliphatic heterocycles. The van der Waals surface area contributed by atoms with Crippen molar-refractivity contribution >= 4 is 29.3 Å². The highest BCUT2D eigenvalue weighted by atomic mass is 32.2. The van der Waals surface area contributed by atoms with Crippen LogP contribution in [0, 0.1) is 5.82 Å². The van der Waals surface area contributed by atoms with Crippen molar-refractivity contribution in [3.8, 4) is 5.75 Å². The standard InChI is InChI=1S/C17H17FN2O3S/c1-11(23-13-6-4-5-12(18)9-13)17(22)20-14-7-2-3-8-15(14)24-10-16(19)21/h2-9,11H,10H2,1H3,(H2,19,21)(H,20,22). The molecule has 0 aromatic heterocycles. The zero-order chi connectivity index (χ0) is 17.5. The number of benzene rings is 2. The van der Waals surface area contributed by atoms with Crippen molar-refractivity contribution in [3.63, 3.8) is 0 Å². The molecule has 5 nitrogen and oxygen atoms in total. The number of anilines is 1. The summed E-state index contributed by atoms with van der Waals surface area (Å²) < 4.78 is 18.6. The van der Waals surface area contributed by atoms with Crippen molar-refractivity contribution in [2.45, 2.75) is 17.9 Å². The number of halogens is 1. The number of rotatable bonds is 7. The number of primary amides is 1. The van der Waals surface area contributed by atoms with Crippen LogP contribution in [0.2, 0.25) is 0 Å². The molecule has 0 bridgehead atoms. The predicted octanol–water partition coefficient (Wildman–Crippen LogP) is 2.81. The first kappa shape index (κ1) is 17.8. The molecule has 0 saturated heterocycles. The molecular weight excluding hydrogens is 331 g/mol. The van der Waals surface area contributed by atoms with Gasteiger partial charge in [0, 0.05) is 11.0 Å². The van der Waals surface area contributed by atoms with Crippen LogP contribution in [0.1, 0.15) is 6.92 Å². The molecule has 2 aromatic carbocycles. The molecule has 2 aromatic rings. The van der Waals surface area contributed by atoms with Crippen molar-refractivity contribution in [1.29, 1.82) is 0 Å². The molecule has 126 valence electrons. The second-order valence-corrected chi connectivity index (χ2v) is 5.98. The molecule has 7 heteroatoms. The average molecular weight is 348 g/mol. The van der Waals surface area contributed by atoms with Gasteiger partial charge in [-0.3, -0.25) is 9.59 Å². The van der Waals surface area contributed by atoms with E-state index in [9.17, 15) is 14.0 Å². The number of carbonyl (C=O) groups excluding carboxylic acids is 2. The Kier molecular flexibility index (Phi) is 6.20. The summed E-state index contributed by atoms with van der Waals surface area (Å²) in [5.74, 6) is -0.875. The van der Waals surface area contributed by atoms with Crippen molar-refractivity contribution < 1.29 is 18.7 Å². The largest absolute Gasteiger partial charge is 0.481 e. The highest BCUT2D eigenvalue weighted by Crippen LogP contribution is 2.27. The molecule has 3 N–H and O–H groups in total. The Morgan fingerprint density at radius 2 is 2.00 bits per heavy atom. The van der Waals surface area contributed by atoms with Crippen molar-refractivity contribution in [2.24, 2.45) is 5.73 Å². The van der Waals surface area contributed by atoms with E-state index in [0.717, 1.165) is 4.90 Å². The van der Waals surface area contributed by atoms with Gasteiger partial charge < -0.3 is 15.8 Å². The maximum atomic E-state index is 13.1. The van der Waals surface area contributed by atoms with E-state index in [4.69, 9.17) is 10.5 Å². The van der Waals surface area contributed by atoms with Crippen LogP contribution in [0.25, 0.3) is 0 Å². The second-order valence-electron chi connectivity index (χ2n) is 4.96. The fraction of sp³-hybridized carbons (Fsp3) is 0.176. The molecule has 0 saturated carbocycles. The second kappa shape index (κ2) is 8.35. The zero-order valence-electron chi connectivity index (χ0n) is 13.0. The van der Waals surface area contributed by atoms with Crippen LogP contribution < -0.4 is 15.8 Å². The predicted molar refractivity (Wildman–Crippen MR) is 91.5 cm³/mol. The molecule has 0 aliphatic rings.